The van der Waals surface area contributed by atoms with Crippen molar-refractivity contribution in [2.24, 2.45) is 26.8 Å². The van der Waals surface area contributed by atoms with Crippen LogP contribution in [0.3, 0.4) is 0 Å². The van der Waals surface area contributed by atoms with Crippen LogP contribution in [0.4, 0.5) is 19.2 Å². The van der Waals surface area contributed by atoms with E-state index in [9.17, 15) is 27.6 Å². The minimum Gasteiger partial charge on any atom is -0.456 e. The second-order valence-electron chi connectivity index (χ2n) is 8.89. The molecule has 0 aromatic heterocycles. The molecule has 2 aliphatic carbocycles. The van der Waals surface area contributed by atoms with Crippen molar-refractivity contribution in [3.8, 4) is 11.8 Å². The summed E-state index contributed by atoms with van der Waals surface area (Å²) in [6.07, 6.45) is 1.75. The molecular formula is C22H35N5O11P4S. The fourth-order valence-corrected chi connectivity index (χ4v) is 5.95. The van der Waals surface area contributed by atoms with Gasteiger partial charge in [0, 0.05) is 19.4 Å². The molecule has 0 bridgehead atoms. The van der Waals surface area contributed by atoms with Crippen molar-refractivity contribution in [3.05, 3.63) is 0 Å². The van der Waals surface area contributed by atoms with Gasteiger partial charge < -0.3 is 28.6 Å². The minimum atomic E-state index is -4.15. The van der Waals surface area contributed by atoms with Crippen molar-refractivity contribution < 1.29 is 51.3 Å². The molecule has 1 saturated carbocycles. The summed E-state index contributed by atoms with van der Waals surface area (Å²) < 4.78 is 60.6. The summed E-state index contributed by atoms with van der Waals surface area (Å²) in [7, 11) is 0.0724. The molecule has 43 heavy (non-hydrogen) atoms. The highest BCUT2D eigenvalue weighted by Gasteiger charge is 2.49. The molecule has 0 saturated heterocycles. The second-order valence-corrected chi connectivity index (χ2v) is 13.4. The third-order valence-corrected chi connectivity index (χ3v) is 8.69. The molecule has 0 aromatic carbocycles. The van der Waals surface area contributed by atoms with E-state index in [4.69, 9.17) is 23.7 Å². The van der Waals surface area contributed by atoms with Gasteiger partial charge in [0.05, 0.1) is 32.9 Å². The van der Waals surface area contributed by atoms with Crippen LogP contribution in [0.15, 0.2) is 9.03 Å². The van der Waals surface area contributed by atoms with Gasteiger partial charge in [-0.05, 0) is 49.4 Å². The van der Waals surface area contributed by atoms with Crippen LogP contribution in [0.25, 0.3) is 0 Å². The first-order chi connectivity index (χ1) is 20.7. The molecule has 2 amide bonds. The van der Waals surface area contributed by atoms with Crippen LogP contribution in [-0.4, -0.2) is 96.2 Å². The lowest BCUT2D eigenvalue weighted by molar-refractivity contribution is 0.0489. The van der Waals surface area contributed by atoms with Crippen LogP contribution < -0.4 is 9.44 Å². The highest BCUT2D eigenvalue weighted by atomic mass is 32.2. The molecule has 0 heterocycles. The monoisotopic (exact) mass is 701 g/mol. The van der Waals surface area contributed by atoms with Crippen molar-refractivity contribution in [3.63, 3.8) is 0 Å². The molecule has 16 nitrogen and oxygen atoms in total. The molecule has 5 atom stereocenters. The van der Waals surface area contributed by atoms with Gasteiger partial charge in [0.2, 0.25) is 0 Å². The minimum absolute atomic E-state index is 0.0327. The third kappa shape index (κ3) is 16.0. The van der Waals surface area contributed by atoms with E-state index >= 15 is 0 Å². The molecule has 0 aliphatic heterocycles. The summed E-state index contributed by atoms with van der Waals surface area (Å²) in [5, 5.41) is 0. The Morgan fingerprint density at radius 1 is 0.837 bits per heavy atom. The predicted octanol–water partition coefficient (Wildman–Crippen LogP) is 3.55. The zero-order valence-electron chi connectivity index (χ0n) is 23.2. The first kappa shape index (κ1) is 37.2. The normalized spacial score (nSPS) is 19.3. The number of fused-ring (bicyclic) bond motifs is 1. The number of carbonyl (C=O) groups is 4. The molecule has 0 radical (unpaired) electrons. The van der Waals surface area contributed by atoms with E-state index in [0.29, 0.717) is 11.8 Å². The van der Waals surface area contributed by atoms with E-state index in [1.54, 1.807) is 4.72 Å². The summed E-state index contributed by atoms with van der Waals surface area (Å²) >= 11 is 0. The second kappa shape index (κ2) is 20.8. The van der Waals surface area contributed by atoms with Crippen molar-refractivity contribution >= 4 is 69.3 Å². The quantitative estimate of drug-likeness (QED) is 0.0916. The number of rotatable bonds is 18. The summed E-state index contributed by atoms with van der Waals surface area (Å²) in [6, 6.07) is 0. The van der Waals surface area contributed by atoms with E-state index in [2.05, 4.69) is 25.6 Å². The van der Waals surface area contributed by atoms with Crippen LogP contribution in [0.5, 0.6) is 0 Å². The van der Waals surface area contributed by atoms with Gasteiger partial charge in [-0.25, -0.2) is 32.9 Å². The maximum atomic E-state index is 12.4. The number of hydrogen-bond acceptors (Lipinski definition) is 13. The van der Waals surface area contributed by atoms with Gasteiger partial charge in [-0.2, -0.15) is 13.1 Å². The number of hydrogen-bond donors (Lipinski definition) is 2. The summed E-state index contributed by atoms with van der Waals surface area (Å²) in [4.78, 5) is 48.5. The smallest absolute Gasteiger partial charge is 0.421 e. The van der Waals surface area contributed by atoms with Crippen molar-refractivity contribution in [1.29, 1.82) is 0 Å². The molecule has 3 unspecified atom stereocenters. The maximum absolute atomic E-state index is 12.4. The van der Waals surface area contributed by atoms with E-state index in [1.807, 2.05) is 18.8 Å². The maximum Gasteiger partial charge on any atom is 0.421 e. The summed E-state index contributed by atoms with van der Waals surface area (Å²) in [5.41, 5.74) is -1.21. The first-order valence-corrected chi connectivity index (χ1v) is 17.3. The summed E-state index contributed by atoms with van der Waals surface area (Å²) in [6.45, 7) is -0.632. The Labute approximate surface area is 258 Å². The van der Waals surface area contributed by atoms with E-state index in [-0.39, 0.29) is 81.9 Å². The first-order valence-electron chi connectivity index (χ1n) is 13.1. The molecule has 0 aromatic rings. The van der Waals surface area contributed by atoms with Crippen LogP contribution in [-0.2, 0) is 33.9 Å². The molecule has 2 rings (SSSR count). The molecule has 21 heteroatoms. The predicted molar refractivity (Wildman–Crippen MR) is 163 cm³/mol. The topological polar surface area (TPSA) is 201 Å². The lowest BCUT2D eigenvalue weighted by atomic mass is 10.1. The van der Waals surface area contributed by atoms with E-state index < -0.39 is 33.8 Å². The van der Waals surface area contributed by atoms with Gasteiger partial charge in [0.25, 0.3) is 0 Å². The molecular weight excluding hydrogens is 666 g/mol. The van der Waals surface area contributed by atoms with Gasteiger partial charge >= 0.3 is 33.8 Å². The van der Waals surface area contributed by atoms with Crippen LogP contribution in [0.2, 0.25) is 0 Å². The standard InChI is InChI=1S/C22H35N5O11P4S/c28-19(38-15-18-16-5-3-1-2-4-6-17(16)18)24-43(32,33)23-7-10-34-13-14-35-20(29)27(8-11-36-21(30)41-25-39)9-12-37-22(31)42-26-40/h16-18,23H,3-15,39-40H2,(H,24,28)/t16-,17+,18?. The Hall–Kier alpha value is -2.03. The lowest BCUT2D eigenvalue weighted by Gasteiger charge is -2.21. The summed E-state index contributed by atoms with van der Waals surface area (Å²) in [5.74, 6) is 7.38. The van der Waals surface area contributed by atoms with Crippen molar-refractivity contribution in [1.82, 2.24) is 14.3 Å². The molecule has 1 fully saturated rings. The average Bonchev–Trinajstić information content (AvgIpc) is 3.59. The number of amides is 2. The van der Waals surface area contributed by atoms with E-state index in [1.165, 1.54) is 4.90 Å². The fourth-order valence-electron chi connectivity index (χ4n) is 4.19. The molecule has 240 valence electrons. The van der Waals surface area contributed by atoms with Crippen LogP contribution in [0, 0.1) is 29.6 Å². The molecule has 2 aliphatic rings. The number of carbonyl (C=O) groups excluding carboxylic acids is 4. The van der Waals surface area contributed by atoms with Gasteiger partial charge in [0.15, 0.2) is 0 Å². The van der Waals surface area contributed by atoms with Crippen molar-refractivity contribution in [2.45, 2.75) is 25.7 Å². The highest BCUT2D eigenvalue weighted by molar-refractivity contribution is 7.88. The Morgan fingerprint density at radius 3 is 1.98 bits per heavy atom. The van der Waals surface area contributed by atoms with Crippen molar-refractivity contribution in [2.75, 3.05) is 59.3 Å². The fraction of sp³-hybridized carbons (Fsp3) is 0.727. The van der Waals surface area contributed by atoms with E-state index in [0.717, 1.165) is 25.7 Å². The Morgan fingerprint density at radius 2 is 1.42 bits per heavy atom. The Bertz CT molecular complexity index is 1130. The zero-order chi connectivity index (χ0) is 31.5. The number of nitrogens with one attached hydrogen (secondary N) is 2. The van der Waals surface area contributed by atoms with Crippen LogP contribution in [0.1, 0.15) is 25.7 Å². The van der Waals surface area contributed by atoms with Gasteiger partial charge in [-0.15, -0.1) is 11.8 Å². The van der Waals surface area contributed by atoms with Crippen LogP contribution >= 0.6 is 35.5 Å². The molecule has 2 N–H and O–H groups in total. The third-order valence-electron chi connectivity index (χ3n) is 6.17. The Balaban J connectivity index is 1.60. The number of nitrogens with zero attached hydrogens (tertiary/aromatic N) is 3. The molecule has 0 spiro atoms. The number of ether oxygens (including phenoxy) is 5. The largest absolute Gasteiger partial charge is 0.456 e. The van der Waals surface area contributed by atoms with Gasteiger partial charge in [-0.3, -0.25) is 0 Å². The SMILES string of the molecule is O=C(NS(=O)(=O)NCCOCCOC(=O)N(CCOC(=O)P=NP)CCOC(=O)P=NP)OCC1[C@H]2CCC#CCC[C@@H]12. The highest BCUT2D eigenvalue weighted by Crippen LogP contribution is 2.52. The lowest BCUT2D eigenvalue weighted by Crippen LogP contribution is -2.42. The zero-order valence-corrected chi connectivity index (χ0v) is 28.1. The van der Waals surface area contributed by atoms with Gasteiger partial charge in [0.1, 0.15) is 36.6 Å². The Kier molecular flexibility index (Phi) is 18.0. The van der Waals surface area contributed by atoms with Gasteiger partial charge in [-0.1, -0.05) is 0 Å². The average molecular weight is 702 g/mol.